The van der Waals surface area contributed by atoms with Gasteiger partial charge in [-0.1, -0.05) is 24.3 Å². The molecule has 4 nitrogen and oxygen atoms in total. The average molecular weight is 366 g/mol. The van der Waals surface area contributed by atoms with Gasteiger partial charge in [-0.05, 0) is 53.6 Å². The third-order valence-electron chi connectivity index (χ3n) is 4.92. The zero-order valence-electron chi connectivity index (χ0n) is 14.8. The molecule has 0 fully saturated rings. The molecule has 4 rings (SSSR count). The highest BCUT2D eigenvalue weighted by Crippen LogP contribution is 2.38. The van der Waals surface area contributed by atoms with Crippen molar-refractivity contribution in [1.82, 2.24) is 10.2 Å². The molecule has 0 saturated heterocycles. The summed E-state index contributed by atoms with van der Waals surface area (Å²) in [5.41, 5.74) is 3.71. The molecule has 3 aromatic rings. The van der Waals surface area contributed by atoms with Crippen molar-refractivity contribution in [3.8, 4) is 0 Å². The molecule has 1 aromatic carbocycles. The molecule has 1 N–H and O–H groups in total. The zero-order chi connectivity index (χ0) is 17.9. The molecule has 2 aromatic heterocycles. The number of rotatable bonds is 5. The maximum Gasteiger partial charge on any atom is 0.237 e. The Bertz CT molecular complexity index is 885. The first-order valence-electron chi connectivity index (χ1n) is 8.88. The van der Waals surface area contributed by atoms with E-state index in [1.54, 1.807) is 17.6 Å². The molecule has 1 aliphatic heterocycles. The first kappa shape index (κ1) is 17.1. The van der Waals surface area contributed by atoms with Crippen molar-refractivity contribution in [2.24, 2.45) is 0 Å². The molecular formula is C21H22N2O2S. The quantitative estimate of drug-likeness (QED) is 0.745. The summed E-state index contributed by atoms with van der Waals surface area (Å²) in [4.78, 5) is 16.4. The summed E-state index contributed by atoms with van der Waals surface area (Å²) >= 11 is 1.79. The van der Waals surface area contributed by atoms with Crippen molar-refractivity contribution >= 4 is 17.2 Å². The number of nitrogens with one attached hydrogen (secondary N) is 1. The molecule has 0 bridgehead atoms. The van der Waals surface area contributed by atoms with Crippen LogP contribution in [0.3, 0.4) is 0 Å². The SMILES string of the molecule is Cc1ccccc1C1c2ccsc2CCN1C(=O)CNCc1ccco1. The Labute approximate surface area is 157 Å². The first-order valence-corrected chi connectivity index (χ1v) is 9.76. The summed E-state index contributed by atoms with van der Waals surface area (Å²) in [5.74, 6) is 0.966. The number of fused-ring (bicyclic) bond motifs is 1. The molecule has 1 atom stereocenters. The summed E-state index contributed by atoms with van der Waals surface area (Å²) in [6.07, 6.45) is 2.58. The molecule has 1 aliphatic rings. The van der Waals surface area contributed by atoms with Gasteiger partial charge < -0.3 is 14.6 Å². The molecule has 0 radical (unpaired) electrons. The van der Waals surface area contributed by atoms with E-state index in [2.05, 4.69) is 41.9 Å². The molecule has 0 saturated carbocycles. The van der Waals surface area contributed by atoms with E-state index >= 15 is 0 Å². The second-order valence-electron chi connectivity index (χ2n) is 6.58. The number of aryl methyl sites for hydroxylation is 1. The number of hydrogen-bond acceptors (Lipinski definition) is 4. The molecule has 134 valence electrons. The summed E-state index contributed by atoms with van der Waals surface area (Å²) in [6.45, 7) is 3.75. The van der Waals surface area contributed by atoms with Crippen LogP contribution in [0.5, 0.6) is 0 Å². The smallest absolute Gasteiger partial charge is 0.237 e. The standard InChI is InChI=1S/C21H22N2O2S/c1-15-5-2-3-7-17(15)21-18-9-12-26-19(18)8-10-23(21)20(24)14-22-13-16-6-4-11-25-16/h2-7,9,11-12,21-22H,8,10,13-14H2,1H3. The molecule has 26 heavy (non-hydrogen) atoms. The van der Waals surface area contributed by atoms with Crippen LogP contribution < -0.4 is 5.32 Å². The fourth-order valence-corrected chi connectivity index (χ4v) is 4.53. The summed E-state index contributed by atoms with van der Waals surface area (Å²) in [6, 6.07) is 14.3. The Kier molecular flexibility index (Phi) is 4.91. The highest BCUT2D eigenvalue weighted by atomic mass is 32.1. The molecule has 1 unspecified atom stereocenters. The van der Waals surface area contributed by atoms with Crippen LogP contribution in [-0.4, -0.2) is 23.9 Å². The molecule has 1 amide bonds. The summed E-state index contributed by atoms with van der Waals surface area (Å²) < 4.78 is 5.32. The second-order valence-corrected chi connectivity index (χ2v) is 7.58. The van der Waals surface area contributed by atoms with Gasteiger partial charge in [0.2, 0.25) is 5.91 Å². The maximum absolute atomic E-state index is 13.0. The van der Waals surface area contributed by atoms with Crippen molar-refractivity contribution in [3.63, 3.8) is 0 Å². The highest BCUT2D eigenvalue weighted by molar-refractivity contribution is 7.10. The molecule has 5 heteroatoms. The van der Waals surface area contributed by atoms with Gasteiger partial charge in [0.05, 0.1) is 25.4 Å². The Morgan fingerprint density at radius 3 is 2.92 bits per heavy atom. The van der Waals surface area contributed by atoms with Crippen LogP contribution in [0.4, 0.5) is 0 Å². The van der Waals surface area contributed by atoms with E-state index in [9.17, 15) is 4.79 Å². The van der Waals surface area contributed by atoms with E-state index < -0.39 is 0 Å². The summed E-state index contributed by atoms with van der Waals surface area (Å²) in [5, 5.41) is 5.34. The lowest BCUT2D eigenvalue weighted by atomic mass is 9.90. The van der Waals surface area contributed by atoms with E-state index in [-0.39, 0.29) is 11.9 Å². The van der Waals surface area contributed by atoms with Crippen LogP contribution in [-0.2, 0) is 17.8 Å². The van der Waals surface area contributed by atoms with Crippen LogP contribution in [0.25, 0.3) is 0 Å². The van der Waals surface area contributed by atoms with Gasteiger partial charge in [-0.3, -0.25) is 4.79 Å². The number of furan rings is 1. The van der Waals surface area contributed by atoms with Gasteiger partial charge in [0, 0.05) is 11.4 Å². The van der Waals surface area contributed by atoms with Gasteiger partial charge in [-0.25, -0.2) is 0 Å². The monoisotopic (exact) mass is 366 g/mol. The van der Waals surface area contributed by atoms with Gasteiger partial charge in [0.15, 0.2) is 0 Å². The van der Waals surface area contributed by atoms with Crippen LogP contribution in [0.1, 0.15) is 33.4 Å². The Balaban J connectivity index is 1.56. The topological polar surface area (TPSA) is 45.5 Å². The van der Waals surface area contributed by atoms with Crippen molar-refractivity contribution < 1.29 is 9.21 Å². The molecular weight excluding hydrogens is 344 g/mol. The predicted molar refractivity (Wildman–Crippen MR) is 103 cm³/mol. The van der Waals surface area contributed by atoms with Crippen LogP contribution in [0.15, 0.2) is 58.5 Å². The van der Waals surface area contributed by atoms with E-state index in [1.807, 2.05) is 23.1 Å². The molecule has 0 aliphatic carbocycles. The van der Waals surface area contributed by atoms with Crippen LogP contribution >= 0.6 is 11.3 Å². The van der Waals surface area contributed by atoms with E-state index in [0.29, 0.717) is 13.1 Å². The minimum Gasteiger partial charge on any atom is -0.468 e. The number of hydrogen-bond donors (Lipinski definition) is 1. The predicted octanol–water partition coefficient (Wildman–Crippen LogP) is 3.91. The van der Waals surface area contributed by atoms with Crippen molar-refractivity contribution in [2.75, 3.05) is 13.1 Å². The Morgan fingerprint density at radius 2 is 2.12 bits per heavy atom. The number of carbonyl (C=O) groups is 1. The zero-order valence-corrected chi connectivity index (χ0v) is 15.6. The number of benzene rings is 1. The summed E-state index contributed by atoms with van der Waals surface area (Å²) in [7, 11) is 0. The fourth-order valence-electron chi connectivity index (χ4n) is 3.62. The Hall–Kier alpha value is -2.37. The first-order chi connectivity index (χ1) is 12.7. The van der Waals surface area contributed by atoms with E-state index in [4.69, 9.17) is 4.42 Å². The van der Waals surface area contributed by atoms with E-state index in [1.165, 1.54) is 21.6 Å². The number of nitrogens with zero attached hydrogens (tertiary/aromatic N) is 1. The molecule has 3 heterocycles. The minimum atomic E-state index is 0.00381. The van der Waals surface area contributed by atoms with Gasteiger partial charge in [0.1, 0.15) is 5.76 Å². The van der Waals surface area contributed by atoms with Gasteiger partial charge in [-0.15, -0.1) is 11.3 Å². The minimum absolute atomic E-state index is 0.00381. The maximum atomic E-state index is 13.0. The number of thiophene rings is 1. The lowest BCUT2D eigenvalue weighted by Gasteiger charge is -2.37. The van der Waals surface area contributed by atoms with Gasteiger partial charge in [0.25, 0.3) is 0 Å². The van der Waals surface area contributed by atoms with Gasteiger partial charge in [-0.2, -0.15) is 0 Å². The van der Waals surface area contributed by atoms with E-state index in [0.717, 1.165) is 18.7 Å². The lowest BCUT2D eigenvalue weighted by molar-refractivity contribution is -0.132. The fraction of sp³-hybridized carbons (Fsp3) is 0.286. The van der Waals surface area contributed by atoms with Crippen molar-refractivity contribution in [3.05, 3.63) is 81.4 Å². The number of amides is 1. The number of carbonyl (C=O) groups excluding carboxylic acids is 1. The normalized spacial score (nSPS) is 16.5. The van der Waals surface area contributed by atoms with Crippen molar-refractivity contribution in [1.29, 1.82) is 0 Å². The largest absolute Gasteiger partial charge is 0.468 e. The highest BCUT2D eigenvalue weighted by Gasteiger charge is 2.33. The van der Waals surface area contributed by atoms with Gasteiger partial charge >= 0.3 is 0 Å². The second kappa shape index (κ2) is 7.48. The lowest BCUT2D eigenvalue weighted by Crippen LogP contribution is -2.44. The third kappa shape index (κ3) is 3.32. The average Bonchev–Trinajstić information content (AvgIpc) is 3.33. The third-order valence-corrected chi connectivity index (χ3v) is 5.92. The van der Waals surface area contributed by atoms with Crippen LogP contribution in [0, 0.1) is 6.92 Å². The van der Waals surface area contributed by atoms with Crippen molar-refractivity contribution in [2.45, 2.75) is 25.9 Å². The molecule has 0 spiro atoms. The Morgan fingerprint density at radius 1 is 1.23 bits per heavy atom. The van der Waals surface area contributed by atoms with Crippen LogP contribution in [0.2, 0.25) is 0 Å².